The van der Waals surface area contributed by atoms with Gasteiger partial charge in [0.15, 0.2) is 0 Å². The van der Waals surface area contributed by atoms with Crippen molar-refractivity contribution in [3.05, 3.63) is 71.1 Å². The highest BCUT2D eigenvalue weighted by Crippen LogP contribution is 2.21. The van der Waals surface area contributed by atoms with Crippen LogP contribution in [0.15, 0.2) is 60.5 Å². The molecule has 1 N–H and O–H groups in total. The molecule has 3 heteroatoms. The zero-order valence-corrected chi connectivity index (χ0v) is 12.6. The number of allylic oxidation sites excluding steroid dienone is 3. The first-order chi connectivity index (χ1) is 9.81. The van der Waals surface area contributed by atoms with Crippen LogP contribution in [0.3, 0.4) is 0 Å². The normalized spacial score (nSPS) is 15.8. The molecule has 0 aromatic heterocycles. The molecule has 1 aliphatic heterocycles. The molecule has 0 bridgehead atoms. The third-order valence-corrected chi connectivity index (χ3v) is 3.65. The van der Waals surface area contributed by atoms with Gasteiger partial charge in [0.25, 0.3) is 0 Å². The molecular weight excluding hydrogens is 268 g/mol. The Bertz CT molecular complexity index is 517. The second-order valence-electron chi connectivity index (χ2n) is 4.74. The van der Waals surface area contributed by atoms with Crippen molar-refractivity contribution in [2.75, 3.05) is 13.1 Å². The lowest BCUT2D eigenvalue weighted by Crippen LogP contribution is -2.27. The zero-order chi connectivity index (χ0) is 14.2. The fourth-order valence-electron chi connectivity index (χ4n) is 2.20. The Morgan fingerprint density at radius 3 is 2.85 bits per heavy atom. The minimum Gasteiger partial charge on any atom is -0.347 e. The lowest BCUT2D eigenvalue weighted by molar-refractivity contribution is 0.424. The van der Waals surface area contributed by atoms with E-state index in [0.717, 1.165) is 36.6 Å². The second-order valence-corrected chi connectivity index (χ2v) is 5.14. The van der Waals surface area contributed by atoms with Crippen molar-refractivity contribution in [3.8, 4) is 0 Å². The van der Waals surface area contributed by atoms with Gasteiger partial charge < -0.3 is 10.2 Å². The van der Waals surface area contributed by atoms with E-state index >= 15 is 0 Å². The van der Waals surface area contributed by atoms with E-state index in [9.17, 15) is 0 Å². The van der Waals surface area contributed by atoms with Gasteiger partial charge in [-0.3, -0.25) is 0 Å². The highest BCUT2D eigenvalue weighted by atomic mass is 35.5. The summed E-state index contributed by atoms with van der Waals surface area (Å²) >= 11 is 6.27. The first-order valence-electron chi connectivity index (χ1n) is 7.00. The predicted octanol–water partition coefficient (Wildman–Crippen LogP) is 4.11. The SMILES string of the molecule is C/C=C/C=C/N(Cc1ccccc1Cl)C1=CCNCC1. The number of hydrogen-bond donors (Lipinski definition) is 1. The fraction of sp³-hybridized carbons (Fsp3) is 0.294. The second kappa shape index (κ2) is 7.93. The quantitative estimate of drug-likeness (QED) is 0.820. The molecule has 0 atom stereocenters. The molecule has 2 nitrogen and oxygen atoms in total. The lowest BCUT2D eigenvalue weighted by atomic mass is 10.1. The summed E-state index contributed by atoms with van der Waals surface area (Å²) < 4.78 is 0. The van der Waals surface area contributed by atoms with E-state index in [2.05, 4.69) is 34.6 Å². The fourth-order valence-corrected chi connectivity index (χ4v) is 2.39. The Kier molecular flexibility index (Phi) is 5.90. The Morgan fingerprint density at radius 1 is 1.30 bits per heavy atom. The predicted molar refractivity (Wildman–Crippen MR) is 86.5 cm³/mol. The van der Waals surface area contributed by atoms with E-state index < -0.39 is 0 Å². The maximum Gasteiger partial charge on any atom is 0.0487 e. The molecule has 0 aliphatic carbocycles. The monoisotopic (exact) mass is 288 g/mol. The van der Waals surface area contributed by atoms with Gasteiger partial charge in [0.05, 0.1) is 0 Å². The number of hydrogen-bond acceptors (Lipinski definition) is 2. The maximum absolute atomic E-state index is 6.27. The summed E-state index contributed by atoms with van der Waals surface area (Å²) in [6.07, 6.45) is 11.6. The number of rotatable bonds is 5. The molecule has 0 amide bonds. The Balaban J connectivity index is 2.18. The lowest BCUT2D eigenvalue weighted by Gasteiger charge is -2.27. The molecule has 2 rings (SSSR count). The number of nitrogens with one attached hydrogen (secondary N) is 1. The first-order valence-corrected chi connectivity index (χ1v) is 7.38. The zero-order valence-electron chi connectivity index (χ0n) is 11.8. The largest absolute Gasteiger partial charge is 0.347 e. The minimum absolute atomic E-state index is 0.805. The van der Waals surface area contributed by atoms with E-state index in [-0.39, 0.29) is 0 Å². The van der Waals surface area contributed by atoms with Crippen molar-refractivity contribution in [1.82, 2.24) is 10.2 Å². The molecular formula is C17H21ClN2. The van der Waals surface area contributed by atoms with Gasteiger partial charge in [0.2, 0.25) is 0 Å². The van der Waals surface area contributed by atoms with E-state index in [1.807, 2.05) is 37.3 Å². The van der Waals surface area contributed by atoms with Gasteiger partial charge in [-0.15, -0.1) is 0 Å². The Labute approximate surface area is 126 Å². The number of benzene rings is 1. The molecule has 0 unspecified atom stereocenters. The summed E-state index contributed by atoms with van der Waals surface area (Å²) in [6, 6.07) is 8.03. The van der Waals surface area contributed by atoms with Crippen molar-refractivity contribution in [1.29, 1.82) is 0 Å². The highest BCUT2D eigenvalue weighted by Gasteiger charge is 2.11. The molecule has 0 spiro atoms. The van der Waals surface area contributed by atoms with Crippen LogP contribution in [-0.2, 0) is 6.54 Å². The van der Waals surface area contributed by atoms with Crippen LogP contribution in [0.4, 0.5) is 0 Å². The highest BCUT2D eigenvalue weighted by molar-refractivity contribution is 6.31. The molecule has 1 aromatic carbocycles. The van der Waals surface area contributed by atoms with Crippen molar-refractivity contribution in [3.63, 3.8) is 0 Å². The smallest absolute Gasteiger partial charge is 0.0487 e. The molecule has 0 saturated heterocycles. The standard InChI is InChI=1S/C17H21ClN2/c1-2-3-6-13-20(16-9-11-19-12-10-16)14-15-7-4-5-8-17(15)18/h2-9,13,19H,10-12,14H2,1H3/b3-2+,13-6+. The van der Waals surface area contributed by atoms with Crippen LogP contribution in [0.2, 0.25) is 5.02 Å². The molecule has 20 heavy (non-hydrogen) atoms. The Morgan fingerprint density at radius 2 is 2.15 bits per heavy atom. The van der Waals surface area contributed by atoms with Gasteiger partial charge in [-0.05, 0) is 31.1 Å². The van der Waals surface area contributed by atoms with Crippen LogP contribution in [0.5, 0.6) is 0 Å². The molecule has 1 aliphatic rings. The first kappa shape index (κ1) is 14.9. The number of halogens is 1. The Hall–Kier alpha value is -1.51. The van der Waals surface area contributed by atoms with Crippen LogP contribution in [-0.4, -0.2) is 18.0 Å². The van der Waals surface area contributed by atoms with Crippen molar-refractivity contribution >= 4 is 11.6 Å². The summed E-state index contributed by atoms with van der Waals surface area (Å²) in [5.41, 5.74) is 2.50. The van der Waals surface area contributed by atoms with Gasteiger partial charge in [-0.25, -0.2) is 0 Å². The van der Waals surface area contributed by atoms with E-state index in [1.54, 1.807) is 0 Å². The van der Waals surface area contributed by atoms with Crippen LogP contribution in [0, 0.1) is 0 Å². The van der Waals surface area contributed by atoms with Gasteiger partial charge in [-0.2, -0.15) is 0 Å². The van der Waals surface area contributed by atoms with Gasteiger partial charge in [0.1, 0.15) is 0 Å². The van der Waals surface area contributed by atoms with Crippen LogP contribution >= 0.6 is 11.6 Å². The molecule has 106 valence electrons. The summed E-state index contributed by atoms with van der Waals surface area (Å²) in [7, 11) is 0. The average molecular weight is 289 g/mol. The summed E-state index contributed by atoms with van der Waals surface area (Å²) in [6.45, 7) is 4.79. The third-order valence-electron chi connectivity index (χ3n) is 3.28. The third kappa shape index (κ3) is 4.26. The van der Waals surface area contributed by atoms with Crippen molar-refractivity contribution < 1.29 is 0 Å². The van der Waals surface area contributed by atoms with Crippen molar-refractivity contribution in [2.45, 2.75) is 19.9 Å². The van der Waals surface area contributed by atoms with E-state index in [4.69, 9.17) is 11.6 Å². The summed E-state index contributed by atoms with van der Waals surface area (Å²) in [4.78, 5) is 2.28. The van der Waals surface area contributed by atoms with E-state index in [0.29, 0.717) is 0 Å². The van der Waals surface area contributed by atoms with Gasteiger partial charge in [0, 0.05) is 36.6 Å². The topological polar surface area (TPSA) is 15.3 Å². The van der Waals surface area contributed by atoms with Gasteiger partial charge in [-0.1, -0.05) is 48.0 Å². The molecule has 0 saturated carbocycles. The molecule has 0 fully saturated rings. The summed E-state index contributed by atoms with van der Waals surface area (Å²) in [5.74, 6) is 0. The van der Waals surface area contributed by atoms with Crippen molar-refractivity contribution in [2.24, 2.45) is 0 Å². The van der Waals surface area contributed by atoms with Crippen LogP contribution < -0.4 is 5.32 Å². The minimum atomic E-state index is 0.805. The number of nitrogens with zero attached hydrogens (tertiary/aromatic N) is 1. The molecule has 1 heterocycles. The summed E-state index contributed by atoms with van der Waals surface area (Å²) in [5, 5.41) is 4.17. The van der Waals surface area contributed by atoms with Crippen LogP contribution in [0.1, 0.15) is 18.9 Å². The molecule has 1 aromatic rings. The molecule has 0 radical (unpaired) electrons. The van der Waals surface area contributed by atoms with Crippen LogP contribution in [0.25, 0.3) is 0 Å². The maximum atomic E-state index is 6.27. The van der Waals surface area contributed by atoms with Gasteiger partial charge >= 0.3 is 0 Å². The average Bonchev–Trinajstić information content (AvgIpc) is 2.49. The van der Waals surface area contributed by atoms with E-state index in [1.165, 1.54) is 5.70 Å².